The summed E-state index contributed by atoms with van der Waals surface area (Å²) in [4.78, 5) is 0. The molecular formula is C18H36O7Si. The van der Waals surface area contributed by atoms with E-state index < -0.39 is 14.6 Å². The van der Waals surface area contributed by atoms with Crippen molar-refractivity contribution in [3.63, 3.8) is 0 Å². The Morgan fingerprint density at radius 2 is 1.85 bits per heavy atom. The fourth-order valence-corrected chi connectivity index (χ4v) is 5.46. The van der Waals surface area contributed by atoms with Gasteiger partial charge in [0.1, 0.15) is 12.2 Å². The number of hydrogen-bond donors (Lipinski definition) is 0. The van der Waals surface area contributed by atoms with Gasteiger partial charge in [-0.2, -0.15) is 0 Å². The maximum atomic E-state index is 6.51. The van der Waals surface area contributed by atoms with E-state index in [1.165, 1.54) is 0 Å². The smallest absolute Gasteiger partial charge is 0.379 e. The van der Waals surface area contributed by atoms with Crippen LogP contribution in [0.25, 0.3) is 0 Å². The van der Waals surface area contributed by atoms with Gasteiger partial charge in [-0.25, -0.2) is 0 Å². The molecule has 8 heteroatoms. The van der Waals surface area contributed by atoms with E-state index in [0.717, 1.165) is 38.7 Å². The minimum Gasteiger partial charge on any atom is -0.379 e. The molecule has 2 atom stereocenters. The van der Waals surface area contributed by atoms with Crippen LogP contribution in [-0.4, -0.2) is 74.1 Å². The minimum atomic E-state index is -2.82. The Balaban J connectivity index is 1.95. The molecule has 0 aromatic rings. The lowest BCUT2D eigenvalue weighted by molar-refractivity contribution is -0.309. The summed E-state index contributed by atoms with van der Waals surface area (Å²) in [6.07, 6.45) is 4.37. The van der Waals surface area contributed by atoms with E-state index >= 15 is 0 Å². The van der Waals surface area contributed by atoms with Crippen molar-refractivity contribution >= 4 is 8.80 Å². The summed E-state index contributed by atoms with van der Waals surface area (Å²) < 4.78 is 41.0. The van der Waals surface area contributed by atoms with Crippen molar-refractivity contribution in [2.45, 2.75) is 70.0 Å². The molecule has 26 heavy (non-hydrogen) atoms. The second kappa shape index (κ2) is 11.1. The van der Waals surface area contributed by atoms with Crippen LogP contribution in [-0.2, 0) is 32.2 Å². The topological polar surface area (TPSA) is 67.9 Å². The van der Waals surface area contributed by atoms with Crippen molar-refractivity contribution in [2.75, 3.05) is 47.3 Å². The van der Waals surface area contributed by atoms with E-state index in [2.05, 4.69) is 13.8 Å². The summed E-state index contributed by atoms with van der Waals surface area (Å²) in [5.74, 6) is -0.705. The molecule has 154 valence electrons. The van der Waals surface area contributed by atoms with Gasteiger partial charge in [-0.05, 0) is 19.3 Å². The molecule has 0 saturated carbocycles. The molecule has 0 radical (unpaired) electrons. The predicted octanol–water partition coefficient (Wildman–Crippen LogP) is 2.75. The lowest BCUT2D eigenvalue weighted by Gasteiger charge is -2.44. The quantitative estimate of drug-likeness (QED) is 0.256. The fraction of sp³-hybridized carbons (Fsp3) is 1.00. The van der Waals surface area contributed by atoms with Crippen molar-refractivity contribution < 1.29 is 32.2 Å². The summed E-state index contributed by atoms with van der Waals surface area (Å²) in [7, 11) is 0.507. The van der Waals surface area contributed by atoms with Crippen molar-refractivity contribution in [3.8, 4) is 0 Å². The third kappa shape index (κ3) is 6.24. The molecule has 0 aliphatic carbocycles. The van der Waals surface area contributed by atoms with Crippen LogP contribution >= 0.6 is 0 Å². The van der Waals surface area contributed by atoms with E-state index in [0.29, 0.717) is 32.5 Å². The third-order valence-electron chi connectivity index (χ3n) is 4.94. The Kier molecular flexibility index (Phi) is 9.46. The van der Waals surface area contributed by atoms with Crippen LogP contribution in [0, 0.1) is 0 Å². The number of epoxide rings is 1. The van der Waals surface area contributed by atoms with Gasteiger partial charge >= 0.3 is 8.80 Å². The van der Waals surface area contributed by atoms with Crippen LogP contribution in [0.3, 0.4) is 0 Å². The van der Waals surface area contributed by atoms with Gasteiger partial charge in [-0.15, -0.1) is 0 Å². The summed E-state index contributed by atoms with van der Waals surface area (Å²) >= 11 is 0. The van der Waals surface area contributed by atoms with E-state index in [1.807, 2.05) is 0 Å². The van der Waals surface area contributed by atoms with Gasteiger partial charge in [0.05, 0.1) is 26.4 Å². The Bertz CT molecular complexity index is 382. The summed E-state index contributed by atoms with van der Waals surface area (Å²) in [6.45, 7) is 7.73. The van der Waals surface area contributed by atoms with Crippen LogP contribution in [0.5, 0.6) is 0 Å². The number of rotatable bonds is 14. The third-order valence-corrected chi connectivity index (χ3v) is 7.79. The fourth-order valence-electron chi connectivity index (χ4n) is 3.27. The summed E-state index contributed by atoms with van der Waals surface area (Å²) in [5, 5.41) is 0. The highest BCUT2D eigenvalue weighted by molar-refractivity contribution is 6.60. The molecule has 0 aromatic carbocycles. The Hall–Kier alpha value is -0.0631. The van der Waals surface area contributed by atoms with E-state index in [4.69, 9.17) is 32.2 Å². The molecule has 2 saturated heterocycles. The van der Waals surface area contributed by atoms with Gasteiger partial charge in [-0.3, -0.25) is 0 Å². The second-order valence-electron chi connectivity index (χ2n) is 6.84. The first-order valence-corrected chi connectivity index (χ1v) is 11.8. The average molecular weight is 393 g/mol. The van der Waals surface area contributed by atoms with E-state index in [9.17, 15) is 0 Å². The molecule has 2 heterocycles. The predicted molar refractivity (Wildman–Crippen MR) is 99.1 cm³/mol. The van der Waals surface area contributed by atoms with Crippen LogP contribution in [0.1, 0.15) is 46.0 Å². The maximum Gasteiger partial charge on any atom is 0.500 e. The highest BCUT2D eigenvalue weighted by Crippen LogP contribution is 2.34. The normalized spacial score (nSPS) is 23.8. The highest BCUT2D eigenvalue weighted by atomic mass is 28.4. The average Bonchev–Trinajstić information content (AvgIpc) is 3.51. The first-order valence-electron chi connectivity index (χ1n) is 9.89. The molecule has 2 unspecified atom stereocenters. The van der Waals surface area contributed by atoms with Crippen molar-refractivity contribution in [3.05, 3.63) is 0 Å². The van der Waals surface area contributed by atoms with E-state index in [1.54, 1.807) is 14.2 Å². The van der Waals surface area contributed by atoms with Crippen molar-refractivity contribution in [2.24, 2.45) is 0 Å². The largest absolute Gasteiger partial charge is 0.500 e. The molecular weight excluding hydrogens is 356 g/mol. The van der Waals surface area contributed by atoms with E-state index in [-0.39, 0.29) is 12.2 Å². The van der Waals surface area contributed by atoms with Gasteiger partial charge in [-0.1, -0.05) is 20.3 Å². The van der Waals surface area contributed by atoms with Crippen LogP contribution in [0.4, 0.5) is 0 Å². The van der Waals surface area contributed by atoms with Gasteiger partial charge in [0, 0.05) is 33.3 Å². The molecule has 0 N–H and O–H groups in total. The molecule has 2 fully saturated rings. The molecule has 2 rings (SSSR count). The van der Waals surface area contributed by atoms with Gasteiger partial charge in [0.2, 0.25) is 0 Å². The monoisotopic (exact) mass is 392 g/mol. The zero-order chi connectivity index (χ0) is 18.9. The molecule has 0 aromatic heterocycles. The first-order chi connectivity index (χ1) is 12.6. The maximum absolute atomic E-state index is 6.51. The zero-order valence-electron chi connectivity index (χ0n) is 16.8. The van der Waals surface area contributed by atoms with Crippen molar-refractivity contribution in [1.29, 1.82) is 0 Å². The van der Waals surface area contributed by atoms with Gasteiger partial charge in [0.15, 0.2) is 5.79 Å². The SMILES string of the molecule is CCCC(O[Si](CCCOCC1CO1)(OC)OC)C1(CC)OCCCO1. The number of ether oxygens (including phenoxy) is 4. The standard InChI is InChI=1S/C18H36O7Si/c1-5-9-17(18(6-2)23-11-7-12-24-18)25-26(19-3,20-4)13-8-10-21-14-16-15-22-16/h16-17H,5-15H2,1-4H3. The van der Waals surface area contributed by atoms with Crippen LogP contribution in [0.15, 0.2) is 0 Å². The lowest BCUT2D eigenvalue weighted by Crippen LogP contribution is -2.57. The number of hydrogen-bond acceptors (Lipinski definition) is 7. The Morgan fingerprint density at radius 3 is 2.38 bits per heavy atom. The molecule has 0 amide bonds. The van der Waals surface area contributed by atoms with Crippen LogP contribution < -0.4 is 0 Å². The zero-order valence-corrected chi connectivity index (χ0v) is 17.8. The molecule has 0 bridgehead atoms. The Labute approximate surface area is 158 Å². The molecule has 7 nitrogen and oxygen atoms in total. The Morgan fingerprint density at radius 1 is 1.15 bits per heavy atom. The minimum absolute atomic E-state index is 0.204. The molecule has 2 aliphatic rings. The highest BCUT2D eigenvalue weighted by Gasteiger charge is 2.49. The second-order valence-corrected chi connectivity index (χ2v) is 9.75. The van der Waals surface area contributed by atoms with Crippen molar-refractivity contribution in [1.82, 2.24) is 0 Å². The molecule has 2 aliphatic heterocycles. The lowest BCUT2D eigenvalue weighted by atomic mass is 10.0. The van der Waals surface area contributed by atoms with Gasteiger partial charge in [0.25, 0.3) is 0 Å². The van der Waals surface area contributed by atoms with Gasteiger partial charge < -0.3 is 32.2 Å². The van der Waals surface area contributed by atoms with Crippen LogP contribution in [0.2, 0.25) is 6.04 Å². The first kappa shape index (κ1) is 22.2. The summed E-state index contributed by atoms with van der Waals surface area (Å²) in [5.41, 5.74) is 0. The molecule has 0 spiro atoms. The summed E-state index contributed by atoms with van der Waals surface area (Å²) in [6, 6.07) is 0.700.